The van der Waals surface area contributed by atoms with E-state index >= 15 is 0 Å². The Kier molecular flexibility index (Phi) is 5.47. The molecule has 0 atom stereocenters. The fourth-order valence-electron chi connectivity index (χ4n) is 4.03. The minimum Gasteiger partial charge on any atom is -0.379 e. The summed E-state index contributed by atoms with van der Waals surface area (Å²) in [5, 5.41) is 4.02. The van der Waals surface area contributed by atoms with Crippen molar-refractivity contribution in [3.8, 4) is 11.5 Å². The zero-order valence-corrected chi connectivity index (χ0v) is 18.7. The van der Waals surface area contributed by atoms with Gasteiger partial charge in [-0.25, -0.2) is 9.37 Å². The molecule has 0 bridgehead atoms. The van der Waals surface area contributed by atoms with Gasteiger partial charge in [-0.2, -0.15) is 4.98 Å². The Bertz CT molecular complexity index is 1370. The number of halogens is 1. The monoisotopic (exact) mass is 456 g/mol. The molecule has 4 heterocycles. The number of hydrogen-bond acceptors (Lipinski definition) is 8. The number of ether oxygens (including phenoxy) is 2. The number of benzene rings is 1. The number of morpholine rings is 1. The van der Waals surface area contributed by atoms with Crippen molar-refractivity contribution in [2.75, 3.05) is 40.0 Å². The molecule has 0 spiro atoms. The van der Waals surface area contributed by atoms with E-state index in [2.05, 4.69) is 20.0 Å². The Labute approximate surface area is 188 Å². The van der Waals surface area contributed by atoms with Crippen molar-refractivity contribution in [1.29, 1.82) is 0 Å². The molecule has 5 rings (SSSR count). The molecule has 1 aliphatic heterocycles. The Balaban J connectivity index is 1.66. The predicted molar refractivity (Wildman–Crippen MR) is 118 cm³/mol. The van der Waals surface area contributed by atoms with E-state index in [9.17, 15) is 9.18 Å². The van der Waals surface area contributed by atoms with E-state index in [-0.39, 0.29) is 34.0 Å². The van der Waals surface area contributed by atoms with Crippen LogP contribution in [0.2, 0.25) is 0 Å². The number of para-hydroxylation sites is 1. The quantitative estimate of drug-likeness (QED) is 0.435. The summed E-state index contributed by atoms with van der Waals surface area (Å²) in [6.07, 6.45) is 1.48. The third-order valence-electron chi connectivity index (χ3n) is 6.12. The topological polar surface area (TPSA) is 99.9 Å². The zero-order valence-electron chi connectivity index (χ0n) is 18.7. The maximum atomic E-state index is 14.9. The van der Waals surface area contributed by atoms with E-state index in [0.29, 0.717) is 31.8 Å². The number of methoxy groups -OCH3 is 1. The minimum atomic E-state index is -0.797. The second kappa shape index (κ2) is 8.32. The van der Waals surface area contributed by atoms with Crippen molar-refractivity contribution in [2.45, 2.75) is 26.0 Å². The van der Waals surface area contributed by atoms with Gasteiger partial charge in [0.25, 0.3) is 11.4 Å². The standard InChI is InChI=1S/C22H25FN6O4/c1-22(2,31-3)21-25-19(26-33-21)16-18-20(30)28(8-7-27-9-11-32-12-10-27)17-14(23)5-4-6-15(17)29(18)13-24-16/h4-6,13H,7-12H2,1-3H3. The molecule has 174 valence electrons. The lowest BCUT2D eigenvalue weighted by Crippen LogP contribution is -2.39. The van der Waals surface area contributed by atoms with Crippen LogP contribution in [0.15, 0.2) is 33.8 Å². The molecular formula is C22H25FN6O4. The van der Waals surface area contributed by atoms with Crippen LogP contribution in [0.4, 0.5) is 4.39 Å². The summed E-state index contributed by atoms with van der Waals surface area (Å²) >= 11 is 0. The molecule has 11 heteroatoms. The van der Waals surface area contributed by atoms with E-state index in [1.54, 1.807) is 37.5 Å². The van der Waals surface area contributed by atoms with Crippen LogP contribution in [0.25, 0.3) is 28.1 Å². The van der Waals surface area contributed by atoms with Gasteiger partial charge in [0.15, 0.2) is 0 Å². The number of imidazole rings is 1. The Morgan fingerprint density at radius 1 is 1.18 bits per heavy atom. The SMILES string of the molecule is COC(C)(C)c1nc(-c2ncn3c2c(=O)n(CCN2CCOCC2)c2c(F)cccc23)no1. The van der Waals surface area contributed by atoms with Gasteiger partial charge >= 0.3 is 0 Å². The molecule has 33 heavy (non-hydrogen) atoms. The van der Waals surface area contributed by atoms with Crippen LogP contribution in [0.3, 0.4) is 0 Å². The highest BCUT2D eigenvalue weighted by Crippen LogP contribution is 2.27. The van der Waals surface area contributed by atoms with Crippen molar-refractivity contribution in [1.82, 2.24) is 29.0 Å². The van der Waals surface area contributed by atoms with Gasteiger partial charge < -0.3 is 18.6 Å². The van der Waals surface area contributed by atoms with Crippen molar-refractivity contribution in [3.05, 3.63) is 46.6 Å². The van der Waals surface area contributed by atoms with Gasteiger partial charge in [-0.05, 0) is 26.0 Å². The number of hydrogen-bond donors (Lipinski definition) is 0. The fraction of sp³-hybridized carbons (Fsp3) is 0.455. The first-order chi connectivity index (χ1) is 15.9. The van der Waals surface area contributed by atoms with E-state index < -0.39 is 11.4 Å². The van der Waals surface area contributed by atoms with Crippen LogP contribution in [0.5, 0.6) is 0 Å². The highest BCUT2D eigenvalue weighted by atomic mass is 19.1. The van der Waals surface area contributed by atoms with Gasteiger partial charge in [0, 0.05) is 33.3 Å². The summed E-state index contributed by atoms with van der Waals surface area (Å²) in [4.78, 5) is 24.7. The summed E-state index contributed by atoms with van der Waals surface area (Å²) in [6, 6.07) is 4.73. The summed E-state index contributed by atoms with van der Waals surface area (Å²) in [7, 11) is 1.55. The Morgan fingerprint density at radius 3 is 2.73 bits per heavy atom. The van der Waals surface area contributed by atoms with Crippen LogP contribution >= 0.6 is 0 Å². The van der Waals surface area contributed by atoms with Gasteiger partial charge in [-0.15, -0.1) is 0 Å². The molecule has 0 radical (unpaired) electrons. The molecule has 3 aromatic heterocycles. The Morgan fingerprint density at radius 2 is 1.97 bits per heavy atom. The molecule has 0 amide bonds. The average Bonchev–Trinajstić information content (AvgIpc) is 3.48. The van der Waals surface area contributed by atoms with Gasteiger partial charge in [-0.3, -0.25) is 14.1 Å². The van der Waals surface area contributed by atoms with Gasteiger partial charge in [-0.1, -0.05) is 11.2 Å². The van der Waals surface area contributed by atoms with E-state index in [1.807, 2.05) is 0 Å². The first-order valence-corrected chi connectivity index (χ1v) is 10.8. The number of rotatable bonds is 6. The first kappa shape index (κ1) is 21.7. The third kappa shape index (κ3) is 3.71. The van der Waals surface area contributed by atoms with Gasteiger partial charge in [0.1, 0.15) is 34.5 Å². The number of aromatic nitrogens is 5. The van der Waals surface area contributed by atoms with Crippen LogP contribution in [-0.2, 0) is 21.6 Å². The molecule has 1 fully saturated rings. The maximum absolute atomic E-state index is 14.9. The van der Waals surface area contributed by atoms with E-state index in [1.165, 1.54) is 17.0 Å². The van der Waals surface area contributed by atoms with Crippen molar-refractivity contribution < 1.29 is 18.4 Å². The zero-order chi connectivity index (χ0) is 23.2. The second-order valence-electron chi connectivity index (χ2n) is 8.47. The summed E-state index contributed by atoms with van der Waals surface area (Å²) in [6.45, 7) is 7.36. The maximum Gasteiger partial charge on any atom is 0.277 e. The normalized spacial score (nSPS) is 15.6. The second-order valence-corrected chi connectivity index (χ2v) is 8.47. The highest BCUT2D eigenvalue weighted by Gasteiger charge is 2.29. The van der Waals surface area contributed by atoms with Crippen molar-refractivity contribution in [2.24, 2.45) is 0 Å². The molecule has 0 aliphatic carbocycles. The van der Waals surface area contributed by atoms with Crippen LogP contribution in [-0.4, -0.2) is 69.0 Å². The fourth-order valence-corrected chi connectivity index (χ4v) is 4.03. The van der Waals surface area contributed by atoms with Gasteiger partial charge in [0.2, 0.25) is 5.82 Å². The molecule has 0 unspecified atom stereocenters. The smallest absolute Gasteiger partial charge is 0.277 e. The lowest BCUT2D eigenvalue weighted by molar-refractivity contribution is -0.00786. The predicted octanol–water partition coefficient (Wildman–Crippen LogP) is 2.05. The summed E-state index contributed by atoms with van der Waals surface area (Å²) in [5.74, 6) is -0.0294. The van der Waals surface area contributed by atoms with Crippen molar-refractivity contribution in [3.63, 3.8) is 0 Å². The summed E-state index contributed by atoms with van der Waals surface area (Å²) in [5.41, 5.74) is 0.138. The molecule has 10 nitrogen and oxygen atoms in total. The average molecular weight is 456 g/mol. The van der Waals surface area contributed by atoms with E-state index in [0.717, 1.165) is 13.1 Å². The van der Waals surface area contributed by atoms with E-state index in [4.69, 9.17) is 14.0 Å². The molecule has 1 aromatic carbocycles. The van der Waals surface area contributed by atoms with Crippen molar-refractivity contribution >= 4 is 16.6 Å². The first-order valence-electron chi connectivity index (χ1n) is 10.8. The van der Waals surface area contributed by atoms with Crippen LogP contribution < -0.4 is 5.56 Å². The lowest BCUT2D eigenvalue weighted by Gasteiger charge is -2.27. The number of nitrogens with zero attached hydrogens (tertiary/aromatic N) is 6. The molecule has 1 saturated heterocycles. The molecule has 1 aliphatic rings. The minimum absolute atomic E-state index is 0.171. The summed E-state index contributed by atoms with van der Waals surface area (Å²) < 4.78 is 34.2. The van der Waals surface area contributed by atoms with Crippen LogP contribution in [0, 0.1) is 5.82 Å². The van der Waals surface area contributed by atoms with Gasteiger partial charge in [0.05, 0.1) is 18.7 Å². The largest absolute Gasteiger partial charge is 0.379 e. The Hall–Kier alpha value is -3.15. The molecule has 4 aromatic rings. The van der Waals surface area contributed by atoms with Crippen LogP contribution in [0.1, 0.15) is 19.7 Å². The number of fused-ring (bicyclic) bond motifs is 3. The third-order valence-corrected chi connectivity index (χ3v) is 6.12. The lowest BCUT2D eigenvalue weighted by atomic mass is 10.1. The molecule has 0 N–H and O–H groups in total. The molecule has 0 saturated carbocycles. The highest BCUT2D eigenvalue weighted by molar-refractivity contribution is 5.84. The molecular weight excluding hydrogens is 431 g/mol.